The molecule has 0 amide bonds. The highest BCUT2D eigenvalue weighted by Gasteiger charge is 1.96. The van der Waals surface area contributed by atoms with Gasteiger partial charge in [0.2, 0.25) is 0 Å². The predicted octanol–water partition coefficient (Wildman–Crippen LogP) is 2.81. The molecule has 0 radical (unpaired) electrons. The number of benzene rings is 1. The third-order valence-electron chi connectivity index (χ3n) is 2.46. The molecular formula is C13H14ClN3. The van der Waals surface area contributed by atoms with Crippen molar-refractivity contribution in [1.82, 2.24) is 4.98 Å². The minimum Gasteiger partial charge on any atom is -0.366 e. The summed E-state index contributed by atoms with van der Waals surface area (Å²) in [5.74, 6) is 0.817. The molecule has 0 aliphatic carbocycles. The lowest BCUT2D eigenvalue weighted by molar-refractivity contribution is 1.05. The summed E-state index contributed by atoms with van der Waals surface area (Å²) in [6.45, 7) is 1.31. The highest BCUT2D eigenvalue weighted by molar-refractivity contribution is 6.30. The van der Waals surface area contributed by atoms with Crippen molar-refractivity contribution in [3.63, 3.8) is 0 Å². The van der Waals surface area contributed by atoms with Gasteiger partial charge in [-0.15, -0.1) is 0 Å². The van der Waals surface area contributed by atoms with E-state index in [1.54, 1.807) is 6.20 Å². The zero-order valence-corrected chi connectivity index (χ0v) is 10.1. The Morgan fingerprint density at radius 2 is 1.76 bits per heavy atom. The number of nitrogens with zero attached hydrogens (tertiary/aromatic N) is 1. The van der Waals surface area contributed by atoms with Gasteiger partial charge in [0, 0.05) is 19.3 Å². The number of hydrogen-bond donors (Lipinski definition) is 2. The molecular weight excluding hydrogens is 234 g/mol. The van der Waals surface area contributed by atoms with Gasteiger partial charge in [-0.25, -0.2) is 4.98 Å². The van der Waals surface area contributed by atoms with Gasteiger partial charge >= 0.3 is 0 Å². The maximum absolute atomic E-state index is 5.76. The first-order chi connectivity index (χ1) is 8.28. The van der Waals surface area contributed by atoms with E-state index in [4.69, 9.17) is 17.3 Å². The van der Waals surface area contributed by atoms with Crippen molar-refractivity contribution in [2.24, 2.45) is 5.73 Å². The van der Waals surface area contributed by atoms with Crippen LogP contribution in [-0.4, -0.2) is 4.98 Å². The van der Waals surface area contributed by atoms with Crippen LogP contribution >= 0.6 is 11.6 Å². The van der Waals surface area contributed by atoms with Crippen LogP contribution in [0.15, 0.2) is 42.6 Å². The molecule has 0 aliphatic rings. The standard InChI is InChI=1S/C13H14ClN3/c14-12-5-6-13(17-9-12)16-8-11-3-1-10(7-15)2-4-11/h1-6,9H,7-8,15H2,(H,16,17). The highest BCUT2D eigenvalue weighted by Crippen LogP contribution is 2.11. The van der Waals surface area contributed by atoms with Gasteiger partial charge in [0.25, 0.3) is 0 Å². The summed E-state index contributed by atoms with van der Waals surface area (Å²) in [7, 11) is 0. The lowest BCUT2D eigenvalue weighted by Crippen LogP contribution is -2.02. The largest absolute Gasteiger partial charge is 0.366 e. The molecule has 1 aromatic carbocycles. The summed E-state index contributed by atoms with van der Waals surface area (Å²) in [6, 6.07) is 11.9. The maximum atomic E-state index is 5.76. The van der Waals surface area contributed by atoms with Crippen molar-refractivity contribution in [3.05, 3.63) is 58.7 Å². The van der Waals surface area contributed by atoms with Gasteiger partial charge in [0.05, 0.1) is 5.02 Å². The van der Waals surface area contributed by atoms with Crippen LogP contribution in [0.2, 0.25) is 5.02 Å². The third kappa shape index (κ3) is 3.44. The number of nitrogens with one attached hydrogen (secondary N) is 1. The first kappa shape index (κ1) is 11.9. The molecule has 4 heteroatoms. The summed E-state index contributed by atoms with van der Waals surface area (Å²) in [4.78, 5) is 4.16. The lowest BCUT2D eigenvalue weighted by atomic mass is 10.1. The van der Waals surface area contributed by atoms with Crippen molar-refractivity contribution in [2.45, 2.75) is 13.1 Å². The van der Waals surface area contributed by atoms with Crippen LogP contribution in [0.4, 0.5) is 5.82 Å². The average molecular weight is 248 g/mol. The molecule has 1 heterocycles. The Labute approximate surface area is 106 Å². The van der Waals surface area contributed by atoms with Crippen LogP contribution in [0.3, 0.4) is 0 Å². The quantitative estimate of drug-likeness (QED) is 0.874. The minimum absolute atomic E-state index is 0.576. The van der Waals surface area contributed by atoms with Crippen molar-refractivity contribution >= 4 is 17.4 Å². The van der Waals surface area contributed by atoms with Crippen LogP contribution in [0.25, 0.3) is 0 Å². The Morgan fingerprint density at radius 3 is 2.35 bits per heavy atom. The molecule has 0 atom stereocenters. The predicted molar refractivity (Wildman–Crippen MR) is 70.9 cm³/mol. The van der Waals surface area contributed by atoms with Crippen LogP contribution in [0.1, 0.15) is 11.1 Å². The zero-order chi connectivity index (χ0) is 12.1. The normalized spacial score (nSPS) is 10.2. The van der Waals surface area contributed by atoms with E-state index >= 15 is 0 Å². The van der Waals surface area contributed by atoms with E-state index < -0.39 is 0 Å². The van der Waals surface area contributed by atoms with E-state index in [2.05, 4.69) is 22.4 Å². The Hall–Kier alpha value is -1.58. The van der Waals surface area contributed by atoms with E-state index in [0.29, 0.717) is 11.6 Å². The summed E-state index contributed by atoms with van der Waals surface area (Å²) in [5.41, 5.74) is 7.87. The van der Waals surface area contributed by atoms with Crippen molar-refractivity contribution in [3.8, 4) is 0 Å². The molecule has 3 N–H and O–H groups in total. The second-order valence-electron chi connectivity index (χ2n) is 3.74. The average Bonchev–Trinajstić information content (AvgIpc) is 2.39. The summed E-state index contributed by atoms with van der Waals surface area (Å²) in [6.07, 6.45) is 1.63. The summed E-state index contributed by atoms with van der Waals surface area (Å²) in [5, 5.41) is 3.87. The molecule has 0 fully saturated rings. The second-order valence-corrected chi connectivity index (χ2v) is 4.17. The Morgan fingerprint density at radius 1 is 1.06 bits per heavy atom. The van der Waals surface area contributed by atoms with Crippen molar-refractivity contribution in [1.29, 1.82) is 0 Å². The first-order valence-corrected chi connectivity index (χ1v) is 5.79. The highest BCUT2D eigenvalue weighted by atomic mass is 35.5. The Bertz CT molecular complexity index is 465. The van der Waals surface area contributed by atoms with Gasteiger partial charge < -0.3 is 11.1 Å². The van der Waals surface area contributed by atoms with E-state index in [0.717, 1.165) is 17.9 Å². The van der Waals surface area contributed by atoms with E-state index in [1.807, 2.05) is 24.3 Å². The van der Waals surface area contributed by atoms with E-state index in [9.17, 15) is 0 Å². The SMILES string of the molecule is NCc1ccc(CNc2ccc(Cl)cn2)cc1. The molecule has 0 aliphatic heterocycles. The van der Waals surface area contributed by atoms with Crippen LogP contribution < -0.4 is 11.1 Å². The smallest absolute Gasteiger partial charge is 0.126 e. The fourth-order valence-corrected chi connectivity index (χ4v) is 1.58. The zero-order valence-electron chi connectivity index (χ0n) is 9.36. The lowest BCUT2D eigenvalue weighted by Gasteiger charge is -2.06. The van der Waals surface area contributed by atoms with Crippen molar-refractivity contribution in [2.75, 3.05) is 5.32 Å². The van der Waals surface area contributed by atoms with Gasteiger partial charge in [0.1, 0.15) is 5.82 Å². The number of halogens is 1. The first-order valence-electron chi connectivity index (χ1n) is 5.41. The molecule has 1 aromatic heterocycles. The number of hydrogen-bond acceptors (Lipinski definition) is 3. The second kappa shape index (κ2) is 5.66. The van der Waals surface area contributed by atoms with Crippen LogP contribution in [0, 0.1) is 0 Å². The van der Waals surface area contributed by atoms with Gasteiger partial charge in [-0.05, 0) is 23.3 Å². The third-order valence-corrected chi connectivity index (χ3v) is 2.68. The molecule has 0 bridgehead atoms. The molecule has 0 saturated heterocycles. The number of nitrogens with two attached hydrogens (primary N) is 1. The van der Waals surface area contributed by atoms with E-state index in [1.165, 1.54) is 5.56 Å². The topological polar surface area (TPSA) is 50.9 Å². The fourth-order valence-electron chi connectivity index (χ4n) is 1.47. The molecule has 0 unspecified atom stereocenters. The summed E-state index contributed by atoms with van der Waals surface area (Å²) < 4.78 is 0. The van der Waals surface area contributed by atoms with Gasteiger partial charge in [-0.3, -0.25) is 0 Å². The number of aromatic nitrogens is 1. The Kier molecular flexibility index (Phi) is 3.96. The summed E-state index contributed by atoms with van der Waals surface area (Å²) >= 11 is 5.76. The number of pyridine rings is 1. The molecule has 17 heavy (non-hydrogen) atoms. The van der Waals surface area contributed by atoms with Gasteiger partial charge in [-0.2, -0.15) is 0 Å². The van der Waals surface area contributed by atoms with Gasteiger partial charge in [-0.1, -0.05) is 35.9 Å². The monoisotopic (exact) mass is 247 g/mol. The van der Waals surface area contributed by atoms with Crippen LogP contribution in [0.5, 0.6) is 0 Å². The fraction of sp³-hybridized carbons (Fsp3) is 0.154. The van der Waals surface area contributed by atoms with Crippen LogP contribution in [-0.2, 0) is 13.1 Å². The molecule has 88 valence electrons. The molecule has 0 saturated carbocycles. The van der Waals surface area contributed by atoms with Gasteiger partial charge in [0.15, 0.2) is 0 Å². The maximum Gasteiger partial charge on any atom is 0.126 e. The van der Waals surface area contributed by atoms with E-state index in [-0.39, 0.29) is 0 Å². The Balaban J connectivity index is 1.95. The number of anilines is 1. The van der Waals surface area contributed by atoms with Crippen molar-refractivity contribution < 1.29 is 0 Å². The molecule has 2 rings (SSSR count). The number of rotatable bonds is 4. The molecule has 0 spiro atoms. The molecule has 2 aromatic rings. The minimum atomic E-state index is 0.576. The molecule has 3 nitrogen and oxygen atoms in total.